The largest absolute Gasteiger partial charge is 0.871 e. The molecule has 202 valence electrons. The second kappa shape index (κ2) is 10.8. The molecule has 4 heteroatoms. The van der Waals surface area contributed by atoms with Gasteiger partial charge in [0.15, 0.2) is 18.5 Å². The first-order valence-corrected chi connectivity index (χ1v) is 14.1. The number of para-hydroxylation sites is 2. The zero-order valence-corrected chi connectivity index (χ0v) is 23.0. The molecule has 0 unspecified atom stereocenters. The highest BCUT2D eigenvalue weighted by Gasteiger charge is 2.27. The van der Waals surface area contributed by atoms with Crippen LogP contribution in [0.4, 0.5) is 5.69 Å². The number of hydrogen-bond donors (Lipinski definition) is 0. The molecule has 0 saturated carbocycles. The molecule has 0 amide bonds. The molecule has 0 spiro atoms. The molecular formula is C38H28N2O2. The molecular weight excluding hydrogens is 516 g/mol. The fourth-order valence-corrected chi connectivity index (χ4v) is 5.71. The van der Waals surface area contributed by atoms with Gasteiger partial charge in [0.25, 0.3) is 0 Å². The number of benzene rings is 4. The number of aromatic nitrogens is 1. The lowest BCUT2D eigenvalue weighted by atomic mass is 9.84. The zero-order chi connectivity index (χ0) is 28.5. The number of fused-ring (bicyclic) bond motifs is 2. The summed E-state index contributed by atoms with van der Waals surface area (Å²) >= 11 is 0. The molecule has 1 aromatic heterocycles. The number of rotatable bonds is 6. The second-order valence-electron chi connectivity index (χ2n) is 10.6. The van der Waals surface area contributed by atoms with Crippen molar-refractivity contribution in [2.45, 2.75) is 13.1 Å². The van der Waals surface area contributed by atoms with E-state index in [1.807, 2.05) is 97.3 Å². The molecule has 4 nitrogen and oxygen atoms in total. The SMILES string of the molecule is O=C1C(/C=C2/C=CN(Cc3ccccc3)c3ccccc32)=C([O-])C/1=C/c1cc[n+](Cc2ccccc2)c2ccccc12. The fraction of sp³-hybridized carbons (Fsp3) is 0.0526. The summed E-state index contributed by atoms with van der Waals surface area (Å²) in [6.07, 6.45) is 9.51. The number of carbonyl (C=O) groups is 1. The lowest BCUT2D eigenvalue weighted by Gasteiger charge is -2.31. The molecule has 1 aliphatic carbocycles. The van der Waals surface area contributed by atoms with E-state index in [1.165, 1.54) is 11.1 Å². The third kappa shape index (κ3) is 4.73. The van der Waals surface area contributed by atoms with Crippen LogP contribution in [0.5, 0.6) is 0 Å². The number of hydrogen-bond acceptors (Lipinski definition) is 3. The van der Waals surface area contributed by atoms with Gasteiger partial charge in [0.2, 0.25) is 5.52 Å². The maximum absolute atomic E-state index is 13.3. The van der Waals surface area contributed by atoms with Gasteiger partial charge in [0.05, 0.1) is 5.39 Å². The molecule has 2 aliphatic rings. The first kappa shape index (κ1) is 25.5. The van der Waals surface area contributed by atoms with Gasteiger partial charge < -0.3 is 10.0 Å². The lowest BCUT2D eigenvalue weighted by molar-refractivity contribution is -0.662. The molecule has 0 atom stereocenters. The Bertz CT molecular complexity index is 1950. The number of Topliss-reactive ketones (excluding diaryl/α,β-unsaturated/α-hetero) is 1. The summed E-state index contributed by atoms with van der Waals surface area (Å²) in [5.74, 6) is -0.426. The summed E-state index contributed by atoms with van der Waals surface area (Å²) in [4.78, 5) is 15.5. The van der Waals surface area contributed by atoms with Gasteiger partial charge in [-0.25, -0.2) is 0 Å². The summed E-state index contributed by atoms with van der Waals surface area (Å²) in [7, 11) is 0. The molecule has 5 aromatic rings. The molecule has 0 bridgehead atoms. The standard InChI is InChI=1S/C38H28N2O2/c41-37-33(23-29-19-21-39(25-27-11-3-1-4-12-27)35-17-9-7-15-31(29)35)38(42)34(37)24-30-20-22-40(26-28-13-5-2-6-14-28)36-18-10-8-16-32(30)36/h1-24H,25-26H2. The van der Waals surface area contributed by atoms with E-state index in [4.69, 9.17) is 0 Å². The first-order chi connectivity index (χ1) is 20.7. The normalized spacial score (nSPS) is 16.3. The van der Waals surface area contributed by atoms with Crippen molar-refractivity contribution in [1.82, 2.24) is 0 Å². The molecule has 4 aromatic carbocycles. The zero-order valence-electron chi connectivity index (χ0n) is 23.0. The average Bonchev–Trinajstić information content (AvgIpc) is 3.05. The van der Waals surface area contributed by atoms with Crippen molar-refractivity contribution in [3.8, 4) is 0 Å². The summed E-state index contributed by atoms with van der Waals surface area (Å²) < 4.78 is 2.19. The Hall–Kier alpha value is -5.48. The van der Waals surface area contributed by atoms with Gasteiger partial charge in [-0.3, -0.25) is 4.79 Å². The van der Waals surface area contributed by atoms with Gasteiger partial charge in [-0.05, 0) is 47.1 Å². The number of anilines is 1. The maximum atomic E-state index is 13.3. The van der Waals surface area contributed by atoms with Crippen molar-refractivity contribution >= 4 is 34.0 Å². The van der Waals surface area contributed by atoms with Crippen LogP contribution < -0.4 is 14.6 Å². The number of nitrogens with zero attached hydrogens (tertiary/aromatic N) is 2. The quantitative estimate of drug-likeness (QED) is 0.184. The molecule has 0 saturated heterocycles. The van der Waals surface area contributed by atoms with Gasteiger partial charge in [0, 0.05) is 52.8 Å². The van der Waals surface area contributed by atoms with Crippen LogP contribution in [0.25, 0.3) is 22.6 Å². The number of allylic oxidation sites excluding steroid dienone is 5. The molecule has 0 N–H and O–H groups in total. The van der Waals surface area contributed by atoms with E-state index >= 15 is 0 Å². The van der Waals surface area contributed by atoms with Gasteiger partial charge >= 0.3 is 0 Å². The Morgan fingerprint density at radius 3 is 2.21 bits per heavy atom. The van der Waals surface area contributed by atoms with Crippen molar-refractivity contribution in [2.24, 2.45) is 0 Å². The highest BCUT2D eigenvalue weighted by Crippen LogP contribution is 2.37. The molecule has 0 radical (unpaired) electrons. The molecule has 1 aliphatic heterocycles. The third-order valence-corrected chi connectivity index (χ3v) is 7.89. The fourth-order valence-electron chi connectivity index (χ4n) is 5.71. The topological polar surface area (TPSA) is 47.3 Å². The Kier molecular flexibility index (Phi) is 6.57. The molecule has 42 heavy (non-hydrogen) atoms. The number of carbonyl (C=O) groups excluding carboxylic acids is 1. The van der Waals surface area contributed by atoms with Crippen molar-refractivity contribution in [2.75, 3.05) is 4.90 Å². The highest BCUT2D eigenvalue weighted by molar-refractivity contribution is 6.24. The second-order valence-corrected chi connectivity index (χ2v) is 10.6. The Labute approximate surface area is 245 Å². The van der Waals surface area contributed by atoms with Crippen LogP contribution in [0.3, 0.4) is 0 Å². The van der Waals surface area contributed by atoms with Crippen LogP contribution in [0.1, 0.15) is 22.3 Å². The molecule has 7 rings (SSSR count). The van der Waals surface area contributed by atoms with Crippen molar-refractivity contribution < 1.29 is 14.5 Å². The average molecular weight is 545 g/mol. The monoisotopic (exact) mass is 544 g/mol. The summed E-state index contributed by atoms with van der Waals surface area (Å²) in [5.41, 5.74) is 7.68. The van der Waals surface area contributed by atoms with Gasteiger partial charge in [0.1, 0.15) is 0 Å². The lowest BCUT2D eigenvalue weighted by Crippen LogP contribution is -2.35. The minimum absolute atomic E-state index is 0.213. The predicted octanol–water partition coefficient (Wildman–Crippen LogP) is 6.37. The van der Waals surface area contributed by atoms with E-state index < -0.39 is 0 Å². The number of pyridine rings is 1. The van der Waals surface area contributed by atoms with E-state index in [9.17, 15) is 9.90 Å². The minimum Gasteiger partial charge on any atom is -0.871 e. The van der Waals surface area contributed by atoms with Crippen molar-refractivity contribution in [3.63, 3.8) is 0 Å². The van der Waals surface area contributed by atoms with Crippen LogP contribution >= 0.6 is 0 Å². The van der Waals surface area contributed by atoms with E-state index in [2.05, 4.69) is 45.9 Å². The van der Waals surface area contributed by atoms with Crippen LogP contribution in [0.2, 0.25) is 0 Å². The highest BCUT2D eigenvalue weighted by atomic mass is 16.3. The van der Waals surface area contributed by atoms with Crippen LogP contribution in [0.15, 0.2) is 157 Å². The van der Waals surface area contributed by atoms with E-state index in [1.54, 1.807) is 12.2 Å². The maximum Gasteiger partial charge on any atom is 0.213 e. The van der Waals surface area contributed by atoms with Crippen molar-refractivity contribution in [1.29, 1.82) is 0 Å². The Morgan fingerprint density at radius 2 is 1.43 bits per heavy atom. The molecule has 2 heterocycles. The van der Waals surface area contributed by atoms with E-state index in [0.29, 0.717) is 0 Å². The summed E-state index contributed by atoms with van der Waals surface area (Å²) in [5, 5.41) is 14.3. The summed E-state index contributed by atoms with van der Waals surface area (Å²) in [6, 6.07) is 38.8. The Morgan fingerprint density at radius 1 is 0.738 bits per heavy atom. The first-order valence-electron chi connectivity index (χ1n) is 14.1. The Balaban J connectivity index is 1.20. The van der Waals surface area contributed by atoms with Gasteiger partial charge in [-0.15, -0.1) is 0 Å². The smallest absolute Gasteiger partial charge is 0.213 e. The number of ketones is 1. The molecule has 0 fully saturated rings. The van der Waals surface area contributed by atoms with E-state index in [0.717, 1.165) is 46.4 Å². The van der Waals surface area contributed by atoms with Crippen LogP contribution in [0, 0.1) is 0 Å². The summed E-state index contributed by atoms with van der Waals surface area (Å²) in [6.45, 7) is 1.47. The minimum atomic E-state index is -0.213. The van der Waals surface area contributed by atoms with Crippen molar-refractivity contribution in [3.05, 3.63) is 179 Å². The third-order valence-electron chi connectivity index (χ3n) is 7.89. The van der Waals surface area contributed by atoms with E-state index in [-0.39, 0.29) is 22.7 Å². The van der Waals surface area contributed by atoms with Crippen LogP contribution in [-0.2, 0) is 17.9 Å². The van der Waals surface area contributed by atoms with Gasteiger partial charge in [-0.2, -0.15) is 4.57 Å². The van der Waals surface area contributed by atoms with Gasteiger partial charge in [-0.1, -0.05) is 96.8 Å². The van der Waals surface area contributed by atoms with Crippen LogP contribution in [-0.4, -0.2) is 5.78 Å². The predicted molar refractivity (Wildman–Crippen MR) is 166 cm³/mol.